The van der Waals surface area contributed by atoms with E-state index in [1.807, 2.05) is 32.0 Å². The van der Waals surface area contributed by atoms with Crippen molar-refractivity contribution in [1.29, 1.82) is 5.26 Å². The minimum atomic E-state index is -0.307. The van der Waals surface area contributed by atoms with Crippen molar-refractivity contribution in [3.63, 3.8) is 0 Å². The van der Waals surface area contributed by atoms with Crippen molar-refractivity contribution in [2.45, 2.75) is 33.4 Å². The molecule has 0 saturated heterocycles. The molecule has 0 aliphatic rings. The zero-order valence-corrected chi connectivity index (χ0v) is 16.4. The first-order valence-electron chi connectivity index (χ1n) is 9.19. The largest absolute Gasteiger partial charge is 0.385 e. The number of rotatable bonds is 7. The van der Waals surface area contributed by atoms with Crippen LogP contribution in [0, 0.1) is 25.2 Å². The van der Waals surface area contributed by atoms with E-state index in [1.54, 1.807) is 29.9 Å². The van der Waals surface area contributed by atoms with Crippen molar-refractivity contribution >= 4 is 16.7 Å². The van der Waals surface area contributed by atoms with Gasteiger partial charge in [0.1, 0.15) is 11.6 Å². The Bertz CT molecular complexity index is 1130. The summed E-state index contributed by atoms with van der Waals surface area (Å²) in [5.74, 6) is -0.0521. The zero-order valence-electron chi connectivity index (χ0n) is 16.4. The molecule has 144 valence electrons. The lowest BCUT2D eigenvalue weighted by Gasteiger charge is -2.12. The number of hydrogen-bond acceptors (Lipinski definition) is 4. The van der Waals surface area contributed by atoms with Gasteiger partial charge in [0.2, 0.25) is 5.43 Å². The van der Waals surface area contributed by atoms with Crippen LogP contribution in [0.1, 0.15) is 33.7 Å². The van der Waals surface area contributed by atoms with Crippen LogP contribution in [-0.4, -0.2) is 28.6 Å². The number of fused-ring (bicyclic) bond motifs is 1. The first kappa shape index (κ1) is 19.6. The molecule has 0 unspecified atom stereocenters. The molecule has 3 aromatic rings. The third kappa shape index (κ3) is 3.62. The number of pyridine rings is 1. The summed E-state index contributed by atoms with van der Waals surface area (Å²) in [6.45, 7) is 5.45. The van der Waals surface area contributed by atoms with Crippen LogP contribution in [-0.2, 0) is 17.8 Å². The fourth-order valence-corrected chi connectivity index (χ4v) is 3.59. The number of carbonyl (C=O) groups excluding carboxylic acids is 1. The van der Waals surface area contributed by atoms with Gasteiger partial charge in [-0.2, -0.15) is 5.26 Å². The molecule has 0 amide bonds. The number of aryl methyl sites for hydroxylation is 1. The predicted molar refractivity (Wildman–Crippen MR) is 108 cm³/mol. The second kappa shape index (κ2) is 8.24. The smallest absolute Gasteiger partial charge is 0.207 e. The quantitative estimate of drug-likeness (QED) is 0.468. The maximum Gasteiger partial charge on any atom is 0.207 e. The van der Waals surface area contributed by atoms with Crippen molar-refractivity contribution < 1.29 is 9.53 Å². The topological polar surface area (TPSA) is 77.0 Å². The Balaban J connectivity index is 1.96. The number of nitrogens with zero attached hydrogens (tertiary/aromatic N) is 3. The molecule has 6 heteroatoms. The highest BCUT2D eigenvalue weighted by Gasteiger charge is 2.17. The molecular weight excluding hydrogens is 354 g/mol. The van der Waals surface area contributed by atoms with E-state index < -0.39 is 0 Å². The van der Waals surface area contributed by atoms with Gasteiger partial charge in [-0.3, -0.25) is 9.59 Å². The molecule has 0 atom stereocenters. The molecule has 2 aromatic heterocycles. The second-order valence-corrected chi connectivity index (χ2v) is 6.83. The lowest BCUT2D eigenvalue weighted by atomic mass is 10.1. The van der Waals surface area contributed by atoms with Gasteiger partial charge >= 0.3 is 0 Å². The number of hydrogen-bond donors (Lipinski definition) is 0. The van der Waals surface area contributed by atoms with Crippen LogP contribution in [0.15, 0.2) is 41.3 Å². The van der Waals surface area contributed by atoms with Crippen molar-refractivity contribution in [3.8, 4) is 6.07 Å². The van der Waals surface area contributed by atoms with Gasteiger partial charge in [0, 0.05) is 48.8 Å². The summed E-state index contributed by atoms with van der Waals surface area (Å²) < 4.78 is 8.92. The van der Waals surface area contributed by atoms with E-state index in [4.69, 9.17) is 4.74 Å². The Labute approximate surface area is 163 Å². The summed E-state index contributed by atoms with van der Waals surface area (Å²) in [7, 11) is 1.68. The van der Waals surface area contributed by atoms with Crippen molar-refractivity contribution in [2.24, 2.45) is 0 Å². The maximum atomic E-state index is 13.0. The summed E-state index contributed by atoms with van der Waals surface area (Å²) in [6, 6.07) is 10.9. The summed E-state index contributed by atoms with van der Waals surface area (Å²) in [5, 5.41) is 9.72. The number of ether oxygens (including phenoxy) is 1. The van der Waals surface area contributed by atoms with Crippen LogP contribution in [0.4, 0.5) is 0 Å². The van der Waals surface area contributed by atoms with Crippen LogP contribution in [0.25, 0.3) is 10.9 Å². The highest BCUT2D eigenvalue weighted by molar-refractivity contribution is 5.98. The van der Waals surface area contributed by atoms with Gasteiger partial charge in [-0.15, -0.1) is 0 Å². The van der Waals surface area contributed by atoms with E-state index >= 15 is 0 Å². The Hall–Kier alpha value is -3.17. The number of aromatic nitrogens is 2. The molecule has 0 radical (unpaired) electrons. The molecule has 1 aromatic carbocycles. The SMILES string of the molecule is COCCCn1c(C)cc(C(=O)Cn2cc(C#N)c(=O)c3ccccc32)c1C. The molecule has 0 N–H and O–H groups in total. The van der Waals surface area contributed by atoms with Gasteiger partial charge in [0.25, 0.3) is 0 Å². The van der Waals surface area contributed by atoms with Crippen molar-refractivity contribution in [1.82, 2.24) is 9.13 Å². The van der Waals surface area contributed by atoms with E-state index in [0.717, 1.165) is 24.4 Å². The maximum absolute atomic E-state index is 13.0. The minimum absolute atomic E-state index is 0.0385. The highest BCUT2D eigenvalue weighted by Crippen LogP contribution is 2.19. The number of benzene rings is 1. The van der Waals surface area contributed by atoms with Gasteiger partial charge in [-0.05, 0) is 38.5 Å². The average Bonchev–Trinajstić information content (AvgIpc) is 2.98. The zero-order chi connectivity index (χ0) is 20.3. The van der Waals surface area contributed by atoms with E-state index in [2.05, 4.69) is 4.57 Å². The Morgan fingerprint density at radius 1 is 1.25 bits per heavy atom. The van der Waals surface area contributed by atoms with E-state index in [0.29, 0.717) is 23.1 Å². The fourth-order valence-electron chi connectivity index (χ4n) is 3.59. The molecule has 0 fully saturated rings. The van der Waals surface area contributed by atoms with Crippen LogP contribution in [0.3, 0.4) is 0 Å². The average molecular weight is 377 g/mol. The Morgan fingerprint density at radius 2 is 2.00 bits per heavy atom. The lowest BCUT2D eigenvalue weighted by molar-refractivity contribution is 0.0972. The molecular formula is C22H23N3O3. The Morgan fingerprint density at radius 3 is 2.71 bits per heavy atom. The third-order valence-corrected chi connectivity index (χ3v) is 5.03. The fraction of sp³-hybridized carbons (Fsp3) is 0.318. The van der Waals surface area contributed by atoms with Gasteiger partial charge in [0.15, 0.2) is 5.78 Å². The number of Topliss-reactive ketones (excluding diaryl/α,β-unsaturated/α-hetero) is 1. The number of nitriles is 1. The molecule has 3 rings (SSSR count). The van der Waals surface area contributed by atoms with Gasteiger partial charge in [-0.25, -0.2) is 0 Å². The number of methoxy groups -OCH3 is 1. The predicted octanol–water partition coefficient (Wildman–Crippen LogP) is 3.21. The Kier molecular flexibility index (Phi) is 5.76. The first-order valence-corrected chi connectivity index (χ1v) is 9.19. The van der Waals surface area contributed by atoms with Crippen molar-refractivity contribution in [2.75, 3.05) is 13.7 Å². The van der Waals surface area contributed by atoms with Gasteiger partial charge in [0.05, 0.1) is 12.1 Å². The molecule has 0 spiro atoms. The van der Waals surface area contributed by atoms with E-state index in [-0.39, 0.29) is 23.3 Å². The minimum Gasteiger partial charge on any atom is -0.385 e. The van der Waals surface area contributed by atoms with Crippen LogP contribution in [0.5, 0.6) is 0 Å². The third-order valence-electron chi connectivity index (χ3n) is 5.03. The number of carbonyl (C=O) groups is 1. The van der Waals surface area contributed by atoms with Gasteiger partial charge in [-0.1, -0.05) is 12.1 Å². The molecule has 0 aliphatic heterocycles. The highest BCUT2D eigenvalue weighted by atomic mass is 16.5. The van der Waals surface area contributed by atoms with Crippen LogP contribution in [0.2, 0.25) is 0 Å². The van der Waals surface area contributed by atoms with Crippen LogP contribution < -0.4 is 5.43 Å². The summed E-state index contributed by atoms with van der Waals surface area (Å²) >= 11 is 0. The standard InChI is InChI=1S/C22H23N3O3/c1-15-11-19(16(2)25(15)9-6-10-28-3)21(26)14-24-13-17(12-23)22(27)18-7-4-5-8-20(18)24/h4-5,7-8,11,13H,6,9-10,14H2,1-3H3. The molecule has 2 heterocycles. The number of para-hydroxylation sites is 1. The van der Waals surface area contributed by atoms with E-state index in [1.165, 1.54) is 6.20 Å². The van der Waals surface area contributed by atoms with E-state index in [9.17, 15) is 14.9 Å². The summed E-state index contributed by atoms with van der Waals surface area (Å²) in [6.07, 6.45) is 2.34. The molecule has 0 bridgehead atoms. The van der Waals surface area contributed by atoms with Crippen molar-refractivity contribution in [3.05, 3.63) is 69.3 Å². The van der Waals surface area contributed by atoms with Crippen LogP contribution >= 0.6 is 0 Å². The molecule has 28 heavy (non-hydrogen) atoms. The second-order valence-electron chi connectivity index (χ2n) is 6.83. The molecule has 0 aliphatic carbocycles. The molecule has 6 nitrogen and oxygen atoms in total. The van der Waals surface area contributed by atoms with Gasteiger partial charge < -0.3 is 13.9 Å². The molecule has 0 saturated carbocycles. The normalized spacial score (nSPS) is 10.9. The summed E-state index contributed by atoms with van der Waals surface area (Å²) in [5.41, 5.74) is 2.99. The first-order chi connectivity index (χ1) is 13.5. The monoisotopic (exact) mass is 377 g/mol. The number of ketones is 1. The lowest BCUT2D eigenvalue weighted by Crippen LogP contribution is -2.17. The summed E-state index contributed by atoms with van der Waals surface area (Å²) in [4.78, 5) is 25.4.